The summed E-state index contributed by atoms with van der Waals surface area (Å²) < 4.78 is 0. The molecule has 0 aromatic heterocycles. The summed E-state index contributed by atoms with van der Waals surface area (Å²) in [6.45, 7) is 0. The molecule has 0 atom stereocenters. The van der Waals surface area contributed by atoms with Gasteiger partial charge in [0.15, 0.2) is 0 Å². The third kappa shape index (κ3) is 2.27. The van der Waals surface area contributed by atoms with Crippen LogP contribution in [0.2, 0.25) is 0 Å². The van der Waals surface area contributed by atoms with Gasteiger partial charge in [-0.3, -0.25) is 19.4 Å². The Hall–Kier alpha value is -2.41. The summed E-state index contributed by atoms with van der Waals surface area (Å²) >= 11 is 0. The van der Waals surface area contributed by atoms with Crippen molar-refractivity contribution in [3.63, 3.8) is 0 Å². The van der Waals surface area contributed by atoms with E-state index in [0.717, 1.165) is 9.80 Å². The van der Waals surface area contributed by atoms with Crippen LogP contribution in [0.4, 0.5) is 4.79 Å². The predicted molar refractivity (Wildman–Crippen MR) is 63.1 cm³/mol. The first-order valence-electron chi connectivity index (χ1n) is 5.76. The fraction of sp³-hybridized carbons (Fsp3) is 0.583. The van der Waals surface area contributed by atoms with E-state index in [1.54, 1.807) is 0 Å². The SMILES string of the molecule is CN1C(=O)N(C)C(=O)C(CCC#N)(CCC#N)C1=O. The summed E-state index contributed by atoms with van der Waals surface area (Å²) in [5.74, 6) is -1.27. The smallest absolute Gasteiger partial charge is 0.273 e. The Balaban J connectivity index is 3.21. The number of hydrogen-bond donors (Lipinski definition) is 0. The zero-order chi connectivity index (χ0) is 14.6. The minimum absolute atomic E-state index is 0.0127. The maximum Gasteiger partial charge on any atom is 0.332 e. The molecule has 0 unspecified atom stereocenters. The minimum Gasteiger partial charge on any atom is -0.273 e. The van der Waals surface area contributed by atoms with Crippen LogP contribution in [-0.2, 0) is 9.59 Å². The van der Waals surface area contributed by atoms with Gasteiger partial charge < -0.3 is 0 Å². The Morgan fingerprint density at radius 1 is 0.947 bits per heavy atom. The third-order valence-electron chi connectivity index (χ3n) is 3.33. The van der Waals surface area contributed by atoms with Gasteiger partial charge in [0, 0.05) is 26.9 Å². The minimum atomic E-state index is -1.47. The van der Waals surface area contributed by atoms with Crippen molar-refractivity contribution in [3.8, 4) is 12.1 Å². The zero-order valence-corrected chi connectivity index (χ0v) is 10.8. The van der Waals surface area contributed by atoms with Gasteiger partial charge in [0.1, 0.15) is 5.41 Å². The number of nitriles is 2. The largest absolute Gasteiger partial charge is 0.332 e. The molecule has 0 N–H and O–H groups in total. The van der Waals surface area contributed by atoms with Crippen LogP contribution in [0.25, 0.3) is 0 Å². The second-order valence-electron chi connectivity index (χ2n) is 4.41. The molecule has 0 spiro atoms. The van der Waals surface area contributed by atoms with Crippen LogP contribution in [0.15, 0.2) is 0 Å². The second kappa shape index (κ2) is 5.49. The van der Waals surface area contributed by atoms with E-state index < -0.39 is 23.3 Å². The van der Waals surface area contributed by atoms with Crippen molar-refractivity contribution < 1.29 is 14.4 Å². The number of carbonyl (C=O) groups excluding carboxylic acids is 3. The van der Waals surface area contributed by atoms with Crippen molar-refractivity contribution in [1.82, 2.24) is 9.80 Å². The van der Waals surface area contributed by atoms with Crippen molar-refractivity contribution in [2.75, 3.05) is 14.1 Å². The summed E-state index contributed by atoms with van der Waals surface area (Å²) in [5, 5.41) is 17.3. The maximum absolute atomic E-state index is 12.3. The van der Waals surface area contributed by atoms with Crippen LogP contribution in [0.3, 0.4) is 0 Å². The first-order chi connectivity index (χ1) is 8.92. The molecule has 0 radical (unpaired) electrons. The summed E-state index contributed by atoms with van der Waals surface area (Å²) in [6, 6.07) is 3.08. The fourth-order valence-electron chi connectivity index (χ4n) is 2.22. The summed E-state index contributed by atoms with van der Waals surface area (Å²) in [7, 11) is 2.59. The van der Waals surface area contributed by atoms with Gasteiger partial charge in [-0.15, -0.1) is 0 Å². The molecule has 1 fully saturated rings. The van der Waals surface area contributed by atoms with E-state index in [1.807, 2.05) is 12.1 Å². The van der Waals surface area contributed by atoms with E-state index >= 15 is 0 Å². The molecule has 100 valence electrons. The van der Waals surface area contributed by atoms with E-state index in [2.05, 4.69) is 0 Å². The standard InChI is InChI=1S/C12H14N4O3/c1-15-9(17)12(5-3-7-13,6-4-8-14)10(18)16(2)11(15)19/h3-6H2,1-2H3. The van der Waals surface area contributed by atoms with E-state index in [1.165, 1.54) is 14.1 Å². The third-order valence-corrected chi connectivity index (χ3v) is 3.33. The summed E-state index contributed by atoms with van der Waals surface area (Å²) in [6.07, 6.45) is 0.0627. The van der Waals surface area contributed by atoms with Crippen LogP contribution in [-0.4, -0.2) is 41.7 Å². The lowest BCUT2D eigenvalue weighted by Crippen LogP contribution is -2.63. The van der Waals surface area contributed by atoms with E-state index in [4.69, 9.17) is 10.5 Å². The molecule has 7 heteroatoms. The Morgan fingerprint density at radius 3 is 1.63 bits per heavy atom. The molecule has 0 bridgehead atoms. The van der Waals surface area contributed by atoms with Crippen LogP contribution in [0.1, 0.15) is 25.7 Å². The lowest BCUT2D eigenvalue weighted by Gasteiger charge is -2.41. The highest BCUT2D eigenvalue weighted by Crippen LogP contribution is 2.37. The number of rotatable bonds is 4. The number of amides is 4. The molecule has 1 aliphatic heterocycles. The van der Waals surface area contributed by atoms with Crippen molar-refractivity contribution in [2.45, 2.75) is 25.7 Å². The fourth-order valence-corrected chi connectivity index (χ4v) is 2.22. The molecule has 0 saturated carbocycles. The van der Waals surface area contributed by atoms with E-state index in [-0.39, 0.29) is 25.7 Å². The summed E-state index contributed by atoms with van der Waals surface area (Å²) in [5.41, 5.74) is -1.47. The lowest BCUT2D eigenvalue weighted by molar-refractivity contribution is -0.158. The van der Waals surface area contributed by atoms with Crippen molar-refractivity contribution in [3.05, 3.63) is 0 Å². The maximum atomic E-state index is 12.3. The van der Waals surface area contributed by atoms with Gasteiger partial charge in [0.25, 0.3) is 0 Å². The number of carbonyl (C=O) groups is 3. The highest BCUT2D eigenvalue weighted by molar-refractivity contribution is 6.18. The number of nitrogens with zero attached hydrogens (tertiary/aromatic N) is 4. The molecule has 0 aliphatic carbocycles. The van der Waals surface area contributed by atoms with Gasteiger partial charge in [-0.1, -0.05) is 0 Å². The van der Waals surface area contributed by atoms with Gasteiger partial charge in [-0.05, 0) is 12.8 Å². The number of hydrogen-bond acceptors (Lipinski definition) is 5. The molecule has 4 amide bonds. The van der Waals surface area contributed by atoms with Gasteiger partial charge in [-0.25, -0.2) is 4.79 Å². The van der Waals surface area contributed by atoms with Crippen LogP contribution >= 0.6 is 0 Å². The second-order valence-corrected chi connectivity index (χ2v) is 4.41. The Kier molecular flexibility index (Phi) is 4.23. The summed E-state index contributed by atoms with van der Waals surface area (Å²) in [4.78, 5) is 37.9. The number of barbiturate groups is 1. The monoisotopic (exact) mass is 262 g/mol. The van der Waals surface area contributed by atoms with Crippen LogP contribution < -0.4 is 0 Å². The quantitative estimate of drug-likeness (QED) is 0.691. The van der Waals surface area contributed by atoms with Crippen LogP contribution in [0, 0.1) is 28.1 Å². The molecule has 0 aromatic rings. The molecule has 1 heterocycles. The zero-order valence-electron chi connectivity index (χ0n) is 10.8. The molecule has 19 heavy (non-hydrogen) atoms. The molecule has 1 rings (SSSR count). The highest BCUT2D eigenvalue weighted by Gasteiger charge is 2.54. The van der Waals surface area contributed by atoms with Gasteiger partial charge in [0.2, 0.25) is 11.8 Å². The van der Waals surface area contributed by atoms with Crippen molar-refractivity contribution >= 4 is 17.8 Å². The molecule has 7 nitrogen and oxygen atoms in total. The topological polar surface area (TPSA) is 105 Å². The molecule has 0 aromatic carbocycles. The predicted octanol–water partition coefficient (Wildman–Crippen LogP) is 0.631. The Bertz CT molecular complexity index is 456. The number of imide groups is 2. The van der Waals surface area contributed by atoms with Gasteiger partial charge in [-0.2, -0.15) is 10.5 Å². The van der Waals surface area contributed by atoms with E-state index in [9.17, 15) is 14.4 Å². The molecule has 1 saturated heterocycles. The van der Waals surface area contributed by atoms with Gasteiger partial charge >= 0.3 is 6.03 Å². The lowest BCUT2D eigenvalue weighted by atomic mass is 9.75. The average Bonchev–Trinajstić information content (AvgIpc) is 2.43. The Labute approximate surface area is 111 Å². The molecule has 1 aliphatic rings. The van der Waals surface area contributed by atoms with Gasteiger partial charge in [0.05, 0.1) is 12.1 Å². The van der Waals surface area contributed by atoms with Crippen molar-refractivity contribution in [1.29, 1.82) is 10.5 Å². The normalized spacial score (nSPS) is 18.2. The van der Waals surface area contributed by atoms with E-state index in [0.29, 0.717) is 0 Å². The first-order valence-corrected chi connectivity index (χ1v) is 5.76. The Morgan fingerprint density at radius 2 is 1.32 bits per heavy atom. The van der Waals surface area contributed by atoms with Crippen molar-refractivity contribution in [2.24, 2.45) is 5.41 Å². The first kappa shape index (κ1) is 14.7. The highest BCUT2D eigenvalue weighted by atomic mass is 16.2. The number of urea groups is 1. The molecular weight excluding hydrogens is 248 g/mol. The van der Waals surface area contributed by atoms with Crippen LogP contribution in [0.5, 0.6) is 0 Å². The molecular formula is C12H14N4O3. The average molecular weight is 262 g/mol.